The van der Waals surface area contributed by atoms with E-state index in [1.165, 1.54) is 0 Å². The van der Waals surface area contributed by atoms with Crippen molar-refractivity contribution in [3.63, 3.8) is 0 Å². The maximum Gasteiger partial charge on any atom is 0.228 e. The summed E-state index contributed by atoms with van der Waals surface area (Å²) in [4.78, 5) is 6.40. The number of nitrogens with zero attached hydrogens (tertiary/aromatic N) is 3. The van der Waals surface area contributed by atoms with Crippen LogP contribution in [-0.2, 0) is 28.7 Å². The van der Waals surface area contributed by atoms with Crippen molar-refractivity contribution in [1.29, 1.82) is 0 Å². The van der Waals surface area contributed by atoms with Crippen molar-refractivity contribution in [3.8, 4) is 0 Å². The van der Waals surface area contributed by atoms with E-state index in [-0.39, 0.29) is 28.9 Å². The zero-order valence-electron chi connectivity index (χ0n) is 19.1. The summed E-state index contributed by atoms with van der Waals surface area (Å²) in [5.41, 5.74) is 1.46. The number of sulfone groups is 1. The van der Waals surface area contributed by atoms with Gasteiger partial charge in [-0.1, -0.05) is 37.6 Å². The average Bonchev–Trinajstić information content (AvgIpc) is 3.00. The molecular weight excluding hydrogens is 452 g/mol. The highest BCUT2D eigenvalue weighted by atomic mass is 35.5. The minimum absolute atomic E-state index is 0.0858. The Kier molecular flexibility index (Phi) is 8.92. The van der Waals surface area contributed by atoms with Crippen LogP contribution in [0.1, 0.15) is 52.8 Å². The summed E-state index contributed by atoms with van der Waals surface area (Å²) >= 11 is 11.6. The van der Waals surface area contributed by atoms with Gasteiger partial charge in [0.2, 0.25) is 15.0 Å². The second kappa shape index (κ2) is 10.8. The molecule has 2 aromatic rings. The number of hydrogen-bond acceptors (Lipinski definition) is 4. The number of benzene rings is 1. The highest BCUT2D eigenvalue weighted by Crippen LogP contribution is 2.22. The minimum Gasteiger partial charge on any atom is -0.360 e. The van der Waals surface area contributed by atoms with Crippen LogP contribution in [-0.4, -0.2) is 40.1 Å². The van der Waals surface area contributed by atoms with Crippen molar-refractivity contribution >= 4 is 38.8 Å². The molecule has 0 bridgehead atoms. The van der Waals surface area contributed by atoms with Gasteiger partial charge in [0.1, 0.15) is 0 Å². The molecule has 0 amide bonds. The highest BCUT2D eigenvalue weighted by Gasteiger charge is 2.26. The van der Waals surface area contributed by atoms with Crippen LogP contribution in [0.5, 0.6) is 0 Å². The summed E-state index contributed by atoms with van der Waals surface area (Å²) in [6.07, 6.45) is 1.65. The normalized spacial score (nSPS) is 12.1. The molecule has 0 radical (unpaired) electrons. The molecule has 0 atom stereocenters. The molecule has 1 aromatic carbocycles. The molecule has 172 valence electrons. The zero-order valence-corrected chi connectivity index (χ0v) is 21.5. The molecule has 1 aromatic heterocycles. The molecule has 0 aliphatic rings. The fourth-order valence-electron chi connectivity index (χ4n) is 3.23. The molecule has 0 fully saturated rings. The average molecular weight is 485 g/mol. The predicted molar refractivity (Wildman–Crippen MR) is 131 cm³/mol. The molecule has 0 aliphatic carbocycles. The van der Waals surface area contributed by atoms with Gasteiger partial charge in [-0.15, -0.1) is 0 Å². The quantitative estimate of drug-likeness (QED) is 0.522. The first-order valence-corrected chi connectivity index (χ1v) is 12.9. The molecule has 1 heterocycles. The summed E-state index contributed by atoms with van der Waals surface area (Å²) in [6, 6.07) is 7.27. The molecule has 9 heteroatoms. The molecule has 2 rings (SSSR count). The van der Waals surface area contributed by atoms with Crippen molar-refractivity contribution < 1.29 is 8.42 Å². The van der Waals surface area contributed by atoms with Gasteiger partial charge in [0.25, 0.3) is 0 Å². The SMILES string of the molecule is CC(C)Cn1c(CN(C(=S)NC(C)C)C(C)C)cnc1S(=O)(=O)Cc1cccc(Cl)c1. The van der Waals surface area contributed by atoms with Crippen LogP contribution in [0.2, 0.25) is 5.02 Å². The van der Waals surface area contributed by atoms with Crippen LogP contribution in [0.25, 0.3) is 0 Å². The van der Waals surface area contributed by atoms with Gasteiger partial charge in [-0.25, -0.2) is 13.4 Å². The molecule has 6 nitrogen and oxygen atoms in total. The Morgan fingerprint density at radius 2 is 1.90 bits per heavy atom. The standard InChI is InChI=1S/C22H33ClN4O2S2/c1-15(2)12-27-20(13-26(17(5)6)21(30)25-16(3)4)11-24-22(27)31(28,29)14-18-8-7-9-19(23)10-18/h7-11,15-17H,12-14H2,1-6H3,(H,25,30). The van der Waals surface area contributed by atoms with E-state index in [4.69, 9.17) is 23.8 Å². The van der Waals surface area contributed by atoms with Crippen molar-refractivity contribution in [2.45, 2.75) is 77.6 Å². The Balaban J connectivity index is 2.41. The highest BCUT2D eigenvalue weighted by molar-refractivity contribution is 7.90. The van der Waals surface area contributed by atoms with E-state index in [1.54, 1.807) is 30.5 Å². The Hall–Kier alpha value is -1.64. The lowest BCUT2D eigenvalue weighted by atomic mass is 10.2. The first kappa shape index (κ1) is 25.6. The van der Waals surface area contributed by atoms with Crippen LogP contribution in [0.3, 0.4) is 0 Å². The van der Waals surface area contributed by atoms with Gasteiger partial charge in [0, 0.05) is 23.7 Å². The number of nitrogens with one attached hydrogen (secondary N) is 1. The Morgan fingerprint density at radius 1 is 1.23 bits per heavy atom. The van der Waals surface area contributed by atoms with Gasteiger partial charge in [0.05, 0.1) is 24.2 Å². The van der Waals surface area contributed by atoms with E-state index in [1.807, 2.05) is 18.4 Å². The van der Waals surface area contributed by atoms with E-state index in [2.05, 4.69) is 42.9 Å². The summed E-state index contributed by atoms with van der Waals surface area (Å²) < 4.78 is 28.3. The number of halogens is 1. The van der Waals surface area contributed by atoms with E-state index in [0.29, 0.717) is 28.8 Å². The van der Waals surface area contributed by atoms with Crippen LogP contribution < -0.4 is 5.32 Å². The van der Waals surface area contributed by atoms with Gasteiger partial charge in [-0.05, 0) is 63.5 Å². The van der Waals surface area contributed by atoms with E-state index in [9.17, 15) is 8.42 Å². The Bertz CT molecular complexity index is 1000. The number of rotatable bonds is 9. The predicted octanol–water partition coefficient (Wildman–Crippen LogP) is 4.66. The number of hydrogen-bond donors (Lipinski definition) is 1. The summed E-state index contributed by atoms with van der Waals surface area (Å²) in [7, 11) is -3.65. The van der Waals surface area contributed by atoms with Crippen LogP contribution in [0.15, 0.2) is 35.6 Å². The monoisotopic (exact) mass is 484 g/mol. The third-order valence-electron chi connectivity index (χ3n) is 4.60. The molecule has 0 unspecified atom stereocenters. The molecule has 0 aliphatic heterocycles. The fourth-order valence-corrected chi connectivity index (χ4v) is 5.44. The minimum atomic E-state index is -3.65. The fraction of sp³-hybridized carbons (Fsp3) is 0.545. The van der Waals surface area contributed by atoms with Crippen LogP contribution >= 0.6 is 23.8 Å². The van der Waals surface area contributed by atoms with Gasteiger partial charge in [-0.2, -0.15) is 0 Å². The second-order valence-corrected chi connectivity index (χ2v) is 11.5. The molecular formula is C22H33ClN4O2S2. The summed E-state index contributed by atoms with van der Waals surface area (Å²) in [5.74, 6) is 0.102. The van der Waals surface area contributed by atoms with Gasteiger partial charge >= 0.3 is 0 Å². The first-order chi connectivity index (χ1) is 14.4. The number of thiocarbonyl (C=S) groups is 1. The molecule has 0 spiro atoms. The van der Waals surface area contributed by atoms with Crippen molar-refractivity contribution in [2.75, 3.05) is 0 Å². The summed E-state index contributed by atoms with van der Waals surface area (Å²) in [6.45, 7) is 13.3. The van der Waals surface area contributed by atoms with Gasteiger partial charge in [0.15, 0.2) is 5.11 Å². The molecule has 31 heavy (non-hydrogen) atoms. The second-order valence-electron chi connectivity index (χ2n) is 8.75. The Labute approximate surface area is 196 Å². The van der Waals surface area contributed by atoms with Crippen molar-refractivity contribution in [1.82, 2.24) is 19.8 Å². The largest absolute Gasteiger partial charge is 0.360 e. The zero-order chi connectivity index (χ0) is 23.3. The Morgan fingerprint density at radius 3 is 2.45 bits per heavy atom. The van der Waals surface area contributed by atoms with E-state index < -0.39 is 9.84 Å². The maximum atomic E-state index is 13.2. The molecule has 1 N–H and O–H groups in total. The van der Waals surface area contributed by atoms with E-state index in [0.717, 1.165) is 5.69 Å². The lowest BCUT2D eigenvalue weighted by Gasteiger charge is -2.31. The van der Waals surface area contributed by atoms with Gasteiger partial charge in [-0.3, -0.25) is 0 Å². The third-order valence-corrected chi connectivity index (χ3v) is 6.78. The first-order valence-electron chi connectivity index (χ1n) is 10.5. The van der Waals surface area contributed by atoms with Crippen molar-refractivity contribution in [2.24, 2.45) is 5.92 Å². The smallest absolute Gasteiger partial charge is 0.228 e. The van der Waals surface area contributed by atoms with Crippen molar-refractivity contribution in [3.05, 3.63) is 46.7 Å². The van der Waals surface area contributed by atoms with Gasteiger partial charge < -0.3 is 14.8 Å². The van der Waals surface area contributed by atoms with Crippen LogP contribution in [0.4, 0.5) is 0 Å². The summed E-state index contributed by atoms with van der Waals surface area (Å²) in [5, 5.41) is 4.52. The number of aromatic nitrogens is 2. The number of imidazole rings is 1. The van der Waals surface area contributed by atoms with E-state index >= 15 is 0 Å². The molecule has 0 saturated carbocycles. The maximum absolute atomic E-state index is 13.2. The lowest BCUT2D eigenvalue weighted by Crippen LogP contribution is -2.46. The lowest BCUT2D eigenvalue weighted by molar-refractivity contribution is 0.320. The third kappa shape index (κ3) is 7.19. The van der Waals surface area contributed by atoms with Crippen LogP contribution in [0, 0.1) is 5.92 Å². The topological polar surface area (TPSA) is 67.2 Å². The molecule has 0 saturated heterocycles.